The Morgan fingerprint density at radius 3 is 2.66 bits per heavy atom. The molecule has 0 radical (unpaired) electrons. The van der Waals surface area contributed by atoms with Crippen LogP contribution in [0.5, 0.6) is 0 Å². The molecule has 2 rings (SSSR count). The minimum Gasteiger partial charge on any atom is -0.448 e. The molecular weight excluding hydrogens is 436 g/mol. The topological polar surface area (TPSA) is 164 Å². The molecule has 0 saturated carbocycles. The Kier molecular flexibility index (Phi) is 10.2. The van der Waals surface area contributed by atoms with Crippen molar-refractivity contribution in [3.05, 3.63) is 35.9 Å². The van der Waals surface area contributed by atoms with Gasteiger partial charge in [-0.05, 0) is 37.7 Å². The third-order valence-corrected chi connectivity index (χ3v) is 5.35. The number of esters is 1. The molecule has 3 atom stereocenters. The Labute approximate surface area is 192 Å². The SMILES string of the molecule is N=C(N)NCCC[C@H](NC(=O)[C@@H]1CCCN1C(=O)[C@H](N)Cc1ccccc1)C(=O)OCCl. The molecular formula is C21H31ClN6O4. The molecule has 1 aromatic carbocycles. The largest absolute Gasteiger partial charge is 0.448 e. The van der Waals surface area contributed by atoms with E-state index in [2.05, 4.69) is 10.6 Å². The van der Waals surface area contributed by atoms with Crippen LogP contribution >= 0.6 is 11.6 Å². The summed E-state index contributed by atoms with van der Waals surface area (Å²) in [5, 5.41) is 12.5. The van der Waals surface area contributed by atoms with E-state index in [1.54, 1.807) is 0 Å². The minimum atomic E-state index is -0.925. The lowest BCUT2D eigenvalue weighted by Gasteiger charge is -2.28. The lowest BCUT2D eigenvalue weighted by molar-refractivity contribution is -0.147. The second kappa shape index (κ2) is 12.9. The van der Waals surface area contributed by atoms with Crippen LogP contribution in [0.3, 0.4) is 0 Å². The van der Waals surface area contributed by atoms with Crippen molar-refractivity contribution < 1.29 is 19.1 Å². The van der Waals surface area contributed by atoms with Crippen LogP contribution < -0.4 is 22.1 Å². The van der Waals surface area contributed by atoms with Crippen molar-refractivity contribution in [2.45, 2.75) is 50.2 Å². The van der Waals surface area contributed by atoms with Crippen LogP contribution in [-0.2, 0) is 25.5 Å². The third kappa shape index (κ3) is 7.69. The van der Waals surface area contributed by atoms with Gasteiger partial charge in [0, 0.05) is 13.1 Å². The molecule has 1 aliphatic rings. The highest BCUT2D eigenvalue weighted by Crippen LogP contribution is 2.20. The molecule has 1 heterocycles. The standard InChI is InChI=1S/C21H31ClN6O4/c22-13-32-20(31)16(8-4-10-26-21(24)25)27-18(29)17-9-5-11-28(17)19(30)15(23)12-14-6-2-1-3-7-14/h1-3,6-7,15-17H,4-5,8-13,23H2,(H,27,29)(H4,24,25,26)/t15-,16+,17+/m1/s1. The molecule has 0 spiro atoms. The van der Waals surface area contributed by atoms with Crippen LogP contribution in [0, 0.1) is 5.41 Å². The highest BCUT2D eigenvalue weighted by Gasteiger charge is 2.37. The summed E-state index contributed by atoms with van der Waals surface area (Å²) in [6.07, 6.45) is 2.24. The predicted molar refractivity (Wildman–Crippen MR) is 121 cm³/mol. The summed E-state index contributed by atoms with van der Waals surface area (Å²) in [7, 11) is 0. The second-order valence-electron chi connectivity index (χ2n) is 7.60. The number of likely N-dealkylation sites (tertiary alicyclic amines) is 1. The monoisotopic (exact) mass is 466 g/mol. The number of carbonyl (C=O) groups excluding carboxylic acids is 3. The number of nitrogens with zero attached hydrogens (tertiary/aromatic N) is 1. The van der Waals surface area contributed by atoms with Crippen LogP contribution in [0.15, 0.2) is 30.3 Å². The molecule has 0 aromatic heterocycles. The molecule has 0 unspecified atom stereocenters. The first-order chi connectivity index (χ1) is 15.3. The van der Waals surface area contributed by atoms with Crippen molar-refractivity contribution in [3.63, 3.8) is 0 Å². The minimum absolute atomic E-state index is 0.180. The average molecular weight is 467 g/mol. The summed E-state index contributed by atoms with van der Waals surface area (Å²) in [5.41, 5.74) is 12.3. The number of carbonyl (C=O) groups is 3. The van der Waals surface area contributed by atoms with Crippen LogP contribution in [-0.4, -0.2) is 65.9 Å². The number of ether oxygens (including phenoxy) is 1. The fourth-order valence-electron chi connectivity index (χ4n) is 3.67. The van der Waals surface area contributed by atoms with Gasteiger partial charge in [0.25, 0.3) is 0 Å². The Bertz CT molecular complexity index is 794. The van der Waals surface area contributed by atoms with Gasteiger partial charge in [0.1, 0.15) is 12.1 Å². The van der Waals surface area contributed by atoms with E-state index in [1.165, 1.54) is 4.90 Å². The lowest BCUT2D eigenvalue weighted by atomic mass is 10.0. The Morgan fingerprint density at radius 1 is 1.28 bits per heavy atom. The molecule has 2 amide bonds. The zero-order valence-corrected chi connectivity index (χ0v) is 18.6. The van der Waals surface area contributed by atoms with E-state index in [0.717, 1.165) is 5.56 Å². The highest BCUT2D eigenvalue weighted by molar-refractivity contribution is 6.17. The van der Waals surface area contributed by atoms with Crippen molar-refractivity contribution in [2.24, 2.45) is 11.5 Å². The normalized spacial score (nSPS) is 17.3. The smallest absolute Gasteiger partial charge is 0.329 e. The van der Waals surface area contributed by atoms with Gasteiger partial charge >= 0.3 is 5.97 Å². The Morgan fingerprint density at radius 2 is 2.00 bits per heavy atom. The summed E-state index contributed by atoms with van der Waals surface area (Å²) >= 11 is 5.49. The van der Waals surface area contributed by atoms with Crippen molar-refractivity contribution >= 4 is 35.3 Å². The van der Waals surface area contributed by atoms with E-state index >= 15 is 0 Å². The van der Waals surface area contributed by atoms with Gasteiger partial charge in [-0.1, -0.05) is 41.9 Å². The molecule has 1 aliphatic heterocycles. The molecule has 0 bridgehead atoms. The average Bonchev–Trinajstić information content (AvgIpc) is 3.26. The third-order valence-electron chi connectivity index (χ3n) is 5.24. The van der Waals surface area contributed by atoms with Crippen LogP contribution in [0.1, 0.15) is 31.2 Å². The van der Waals surface area contributed by atoms with E-state index in [-0.39, 0.29) is 24.4 Å². The molecule has 0 aliphatic carbocycles. The van der Waals surface area contributed by atoms with E-state index in [4.69, 9.17) is 33.2 Å². The van der Waals surface area contributed by atoms with Gasteiger partial charge in [0.2, 0.25) is 11.8 Å². The fourth-order valence-corrected chi connectivity index (χ4v) is 3.78. The number of benzene rings is 1. The fraction of sp³-hybridized carbons (Fsp3) is 0.524. The number of nitrogens with one attached hydrogen (secondary N) is 3. The number of hydrogen-bond donors (Lipinski definition) is 5. The molecule has 11 heteroatoms. The molecule has 1 saturated heterocycles. The number of hydrogen-bond acceptors (Lipinski definition) is 6. The number of amides is 2. The first kappa shape index (κ1) is 25.4. The van der Waals surface area contributed by atoms with Gasteiger partial charge in [0.05, 0.1) is 6.04 Å². The summed E-state index contributed by atoms with van der Waals surface area (Å²) in [6.45, 7) is 0.789. The van der Waals surface area contributed by atoms with Gasteiger partial charge < -0.3 is 31.7 Å². The summed E-state index contributed by atoms with van der Waals surface area (Å²) in [5.74, 6) is -1.57. The number of guanidine groups is 1. The quantitative estimate of drug-likeness (QED) is 0.101. The van der Waals surface area contributed by atoms with E-state index in [0.29, 0.717) is 38.8 Å². The summed E-state index contributed by atoms with van der Waals surface area (Å²) < 4.78 is 4.85. The van der Waals surface area contributed by atoms with Crippen molar-refractivity contribution in [1.29, 1.82) is 5.41 Å². The first-order valence-electron chi connectivity index (χ1n) is 10.5. The molecule has 10 nitrogen and oxygen atoms in total. The van der Waals surface area contributed by atoms with Crippen molar-refractivity contribution in [3.8, 4) is 0 Å². The van der Waals surface area contributed by atoms with Gasteiger partial charge in [-0.2, -0.15) is 0 Å². The zero-order chi connectivity index (χ0) is 23.5. The Hall–Kier alpha value is -2.85. The maximum absolute atomic E-state index is 12.9. The molecule has 176 valence electrons. The van der Waals surface area contributed by atoms with E-state index in [9.17, 15) is 14.4 Å². The van der Waals surface area contributed by atoms with Crippen molar-refractivity contribution in [2.75, 3.05) is 19.2 Å². The molecule has 1 fully saturated rings. The van der Waals surface area contributed by atoms with E-state index in [1.807, 2.05) is 30.3 Å². The van der Waals surface area contributed by atoms with Gasteiger partial charge in [-0.15, -0.1) is 0 Å². The summed E-state index contributed by atoms with van der Waals surface area (Å²) in [6, 6.07) is 6.72. The van der Waals surface area contributed by atoms with Crippen LogP contribution in [0.2, 0.25) is 0 Å². The van der Waals surface area contributed by atoms with Gasteiger partial charge in [-0.3, -0.25) is 15.0 Å². The molecule has 7 N–H and O–H groups in total. The van der Waals surface area contributed by atoms with E-state index < -0.39 is 30.0 Å². The summed E-state index contributed by atoms with van der Waals surface area (Å²) in [4.78, 5) is 39.6. The van der Waals surface area contributed by atoms with Gasteiger partial charge in [-0.25, -0.2) is 4.79 Å². The lowest BCUT2D eigenvalue weighted by Crippen LogP contribution is -2.54. The van der Waals surface area contributed by atoms with Crippen LogP contribution in [0.4, 0.5) is 0 Å². The molecule has 32 heavy (non-hydrogen) atoms. The second-order valence-corrected chi connectivity index (χ2v) is 7.82. The van der Waals surface area contributed by atoms with Gasteiger partial charge in [0.15, 0.2) is 12.0 Å². The Balaban J connectivity index is 1.98. The number of rotatable bonds is 11. The predicted octanol–water partition coefficient (Wildman–Crippen LogP) is 0.0350. The number of nitrogens with two attached hydrogens (primary N) is 2. The maximum atomic E-state index is 12.9. The first-order valence-corrected chi connectivity index (χ1v) is 11.1. The zero-order valence-electron chi connectivity index (χ0n) is 17.9. The highest BCUT2D eigenvalue weighted by atomic mass is 35.5. The maximum Gasteiger partial charge on any atom is 0.329 e. The van der Waals surface area contributed by atoms with Crippen molar-refractivity contribution in [1.82, 2.24) is 15.5 Å². The molecule has 1 aromatic rings. The van der Waals surface area contributed by atoms with Crippen LogP contribution in [0.25, 0.3) is 0 Å². The number of halogens is 1. The number of alkyl halides is 1.